The summed E-state index contributed by atoms with van der Waals surface area (Å²) in [5.74, 6) is 1.84. The molecule has 154 valence electrons. The summed E-state index contributed by atoms with van der Waals surface area (Å²) in [5, 5.41) is 6.60. The summed E-state index contributed by atoms with van der Waals surface area (Å²) in [5.41, 5.74) is 1.10. The second-order valence-electron chi connectivity index (χ2n) is 6.32. The Balaban J connectivity index is 0.00000364. The molecule has 0 radical (unpaired) electrons. The maximum absolute atomic E-state index is 5.59. The van der Waals surface area contributed by atoms with E-state index in [0.717, 1.165) is 69.8 Å². The number of aliphatic imine (C=N–C) groups is 1. The van der Waals surface area contributed by atoms with Gasteiger partial charge in [0.05, 0.1) is 19.3 Å². The Kier molecular flexibility index (Phi) is 12.4. The molecule has 2 heterocycles. The van der Waals surface area contributed by atoms with E-state index in [1.807, 2.05) is 13.1 Å². The summed E-state index contributed by atoms with van der Waals surface area (Å²) >= 11 is 0. The number of nitrogens with zero attached hydrogens (tertiary/aromatic N) is 3. The van der Waals surface area contributed by atoms with Gasteiger partial charge in [-0.15, -0.1) is 24.0 Å². The lowest BCUT2D eigenvalue weighted by Crippen LogP contribution is -2.41. The fraction of sp³-hybridized carbons (Fsp3) is 0.684. The van der Waals surface area contributed by atoms with Gasteiger partial charge in [-0.05, 0) is 38.8 Å². The zero-order valence-electron chi connectivity index (χ0n) is 16.7. The SMILES string of the molecule is CCNC(=NCc1ccc(N2CCOC(C)C2)nc1)NCCCOCC.I. The molecule has 0 amide bonds. The largest absolute Gasteiger partial charge is 0.382 e. The second-order valence-corrected chi connectivity index (χ2v) is 6.32. The molecule has 1 fully saturated rings. The molecule has 0 saturated carbocycles. The van der Waals surface area contributed by atoms with E-state index in [1.165, 1.54) is 0 Å². The molecule has 2 N–H and O–H groups in total. The molecule has 1 unspecified atom stereocenters. The Morgan fingerprint density at radius 1 is 1.37 bits per heavy atom. The topological polar surface area (TPSA) is 71.0 Å². The standard InChI is InChI=1S/C19H33N5O2.HI/c1-4-20-19(21-9-6-11-25-5-2)23-14-17-7-8-18(22-13-17)24-10-12-26-16(3)15-24;/h7-8,13,16H,4-6,9-12,14-15H2,1-3H3,(H2,20,21,23);1H. The van der Waals surface area contributed by atoms with Crippen molar-refractivity contribution in [3.63, 3.8) is 0 Å². The maximum atomic E-state index is 5.59. The van der Waals surface area contributed by atoms with Gasteiger partial charge in [-0.3, -0.25) is 0 Å². The third kappa shape index (κ3) is 9.07. The normalized spacial score (nSPS) is 17.4. The highest BCUT2D eigenvalue weighted by atomic mass is 127. The van der Waals surface area contributed by atoms with Crippen molar-refractivity contribution in [2.45, 2.75) is 39.8 Å². The van der Waals surface area contributed by atoms with E-state index >= 15 is 0 Å². The van der Waals surface area contributed by atoms with Crippen LogP contribution < -0.4 is 15.5 Å². The van der Waals surface area contributed by atoms with Crippen LogP contribution in [0.3, 0.4) is 0 Å². The van der Waals surface area contributed by atoms with Crippen molar-refractivity contribution in [3.05, 3.63) is 23.9 Å². The van der Waals surface area contributed by atoms with Crippen LogP contribution in [-0.2, 0) is 16.0 Å². The number of hydrogen-bond donors (Lipinski definition) is 2. The molecule has 0 aliphatic carbocycles. The monoisotopic (exact) mass is 491 g/mol. The summed E-state index contributed by atoms with van der Waals surface area (Å²) in [7, 11) is 0. The first kappa shape index (κ1) is 23.9. The van der Waals surface area contributed by atoms with Crippen molar-refractivity contribution in [3.8, 4) is 0 Å². The molecular weight excluding hydrogens is 457 g/mol. The van der Waals surface area contributed by atoms with Crippen LogP contribution in [0.4, 0.5) is 5.82 Å². The van der Waals surface area contributed by atoms with Crippen molar-refractivity contribution >= 4 is 35.8 Å². The highest BCUT2D eigenvalue weighted by molar-refractivity contribution is 14.0. The minimum atomic E-state index is 0. The van der Waals surface area contributed by atoms with Gasteiger partial charge in [0.1, 0.15) is 5.82 Å². The summed E-state index contributed by atoms with van der Waals surface area (Å²) in [4.78, 5) is 11.5. The molecule has 0 aromatic carbocycles. The Hall–Kier alpha value is -1.13. The van der Waals surface area contributed by atoms with Gasteiger partial charge in [0.2, 0.25) is 0 Å². The maximum Gasteiger partial charge on any atom is 0.191 e. The van der Waals surface area contributed by atoms with Crippen LogP contribution in [0.2, 0.25) is 0 Å². The Bertz CT molecular complexity index is 541. The number of nitrogens with one attached hydrogen (secondary N) is 2. The van der Waals surface area contributed by atoms with Crippen LogP contribution in [0.1, 0.15) is 32.8 Å². The van der Waals surface area contributed by atoms with Crippen molar-refractivity contribution in [1.82, 2.24) is 15.6 Å². The highest BCUT2D eigenvalue weighted by Crippen LogP contribution is 2.15. The minimum absolute atomic E-state index is 0. The summed E-state index contributed by atoms with van der Waals surface area (Å²) in [6, 6.07) is 4.18. The first-order valence-electron chi connectivity index (χ1n) is 9.64. The number of ether oxygens (including phenoxy) is 2. The van der Waals surface area contributed by atoms with Gasteiger partial charge in [-0.2, -0.15) is 0 Å². The molecule has 2 rings (SSSR count). The van der Waals surface area contributed by atoms with Gasteiger partial charge < -0.3 is 25.0 Å². The number of anilines is 1. The Labute approximate surface area is 180 Å². The van der Waals surface area contributed by atoms with E-state index in [0.29, 0.717) is 6.54 Å². The molecule has 8 heteroatoms. The van der Waals surface area contributed by atoms with Crippen LogP contribution >= 0.6 is 24.0 Å². The first-order valence-corrected chi connectivity index (χ1v) is 9.64. The van der Waals surface area contributed by atoms with Crippen LogP contribution in [0, 0.1) is 0 Å². The van der Waals surface area contributed by atoms with Crippen molar-refractivity contribution < 1.29 is 9.47 Å². The van der Waals surface area contributed by atoms with Gasteiger partial charge in [-0.1, -0.05) is 6.07 Å². The van der Waals surface area contributed by atoms with Crippen LogP contribution in [0.25, 0.3) is 0 Å². The third-order valence-corrected chi connectivity index (χ3v) is 4.10. The molecule has 0 bridgehead atoms. The van der Waals surface area contributed by atoms with Gasteiger partial charge in [0, 0.05) is 45.6 Å². The van der Waals surface area contributed by atoms with E-state index < -0.39 is 0 Å². The van der Waals surface area contributed by atoms with E-state index in [2.05, 4.69) is 51.5 Å². The van der Waals surface area contributed by atoms with Crippen molar-refractivity contribution in [1.29, 1.82) is 0 Å². The average Bonchev–Trinajstić information content (AvgIpc) is 2.66. The quantitative estimate of drug-likeness (QED) is 0.239. The third-order valence-electron chi connectivity index (χ3n) is 4.10. The number of morpholine rings is 1. The van der Waals surface area contributed by atoms with E-state index in [-0.39, 0.29) is 30.1 Å². The van der Waals surface area contributed by atoms with Crippen LogP contribution in [-0.4, -0.2) is 63.0 Å². The number of aromatic nitrogens is 1. The molecular formula is C19H34IN5O2. The predicted molar refractivity (Wildman–Crippen MR) is 121 cm³/mol. The van der Waals surface area contributed by atoms with Crippen molar-refractivity contribution in [2.24, 2.45) is 4.99 Å². The Morgan fingerprint density at radius 2 is 2.22 bits per heavy atom. The number of guanidine groups is 1. The summed E-state index contributed by atoms with van der Waals surface area (Å²) in [6.45, 7) is 12.5. The summed E-state index contributed by atoms with van der Waals surface area (Å²) in [6.07, 6.45) is 3.13. The highest BCUT2D eigenvalue weighted by Gasteiger charge is 2.17. The fourth-order valence-corrected chi connectivity index (χ4v) is 2.76. The lowest BCUT2D eigenvalue weighted by molar-refractivity contribution is 0.0529. The minimum Gasteiger partial charge on any atom is -0.382 e. The molecule has 1 atom stereocenters. The number of pyridine rings is 1. The molecule has 1 aromatic heterocycles. The molecule has 1 aliphatic heterocycles. The van der Waals surface area contributed by atoms with Crippen molar-refractivity contribution in [2.75, 3.05) is 50.9 Å². The van der Waals surface area contributed by atoms with E-state index in [9.17, 15) is 0 Å². The number of rotatable bonds is 9. The zero-order valence-corrected chi connectivity index (χ0v) is 19.1. The van der Waals surface area contributed by atoms with E-state index in [4.69, 9.17) is 9.47 Å². The smallest absolute Gasteiger partial charge is 0.191 e. The van der Waals surface area contributed by atoms with Gasteiger partial charge in [0.25, 0.3) is 0 Å². The van der Waals surface area contributed by atoms with E-state index in [1.54, 1.807) is 0 Å². The van der Waals surface area contributed by atoms with Gasteiger partial charge >= 0.3 is 0 Å². The van der Waals surface area contributed by atoms with Crippen LogP contribution in [0.5, 0.6) is 0 Å². The average molecular weight is 491 g/mol. The lowest BCUT2D eigenvalue weighted by Gasteiger charge is -2.32. The fourth-order valence-electron chi connectivity index (χ4n) is 2.76. The summed E-state index contributed by atoms with van der Waals surface area (Å²) < 4.78 is 10.9. The molecule has 0 spiro atoms. The zero-order chi connectivity index (χ0) is 18.6. The first-order chi connectivity index (χ1) is 12.7. The molecule has 1 aliphatic rings. The number of halogens is 1. The molecule has 27 heavy (non-hydrogen) atoms. The number of hydrogen-bond acceptors (Lipinski definition) is 5. The lowest BCUT2D eigenvalue weighted by atomic mass is 10.2. The van der Waals surface area contributed by atoms with Gasteiger partial charge in [-0.25, -0.2) is 9.98 Å². The predicted octanol–water partition coefficient (Wildman–Crippen LogP) is 2.41. The molecule has 1 saturated heterocycles. The second kappa shape index (κ2) is 14.0. The molecule has 1 aromatic rings. The van der Waals surface area contributed by atoms with Crippen LogP contribution in [0.15, 0.2) is 23.3 Å². The Morgan fingerprint density at radius 3 is 2.89 bits per heavy atom. The van der Waals surface area contributed by atoms with Gasteiger partial charge in [0.15, 0.2) is 5.96 Å². The molecule has 7 nitrogen and oxygen atoms in total.